The zero-order valence-electron chi connectivity index (χ0n) is 9.63. The molecule has 2 heterocycles. The zero-order valence-corrected chi connectivity index (χ0v) is 9.63. The van der Waals surface area contributed by atoms with Gasteiger partial charge in [-0.1, -0.05) is 0 Å². The van der Waals surface area contributed by atoms with Gasteiger partial charge in [-0.3, -0.25) is 9.89 Å². The van der Waals surface area contributed by atoms with Gasteiger partial charge in [-0.05, 0) is 12.8 Å². The van der Waals surface area contributed by atoms with Gasteiger partial charge >= 0.3 is 5.97 Å². The Balaban J connectivity index is 1.71. The Morgan fingerprint density at radius 1 is 1.50 bits per heavy atom. The molecule has 1 saturated heterocycles. The highest BCUT2D eigenvalue weighted by Gasteiger charge is 2.34. The highest BCUT2D eigenvalue weighted by molar-refractivity contribution is 5.82. The van der Waals surface area contributed by atoms with Crippen LogP contribution in [0.1, 0.15) is 18.7 Å². The average Bonchev–Trinajstić information content (AvgIpc) is 2.99. The van der Waals surface area contributed by atoms with E-state index in [1.165, 1.54) is 6.33 Å². The van der Waals surface area contributed by atoms with Gasteiger partial charge in [0.15, 0.2) is 6.10 Å². The van der Waals surface area contributed by atoms with Crippen LogP contribution in [-0.4, -0.2) is 50.9 Å². The van der Waals surface area contributed by atoms with Crippen molar-refractivity contribution in [3.63, 3.8) is 0 Å². The van der Waals surface area contributed by atoms with E-state index in [-0.39, 0.29) is 5.91 Å². The smallest absolute Gasteiger partial charge is 0.332 e. The van der Waals surface area contributed by atoms with Crippen LogP contribution < -0.4 is 5.32 Å². The first-order chi connectivity index (χ1) is 8.66. The van der Waals surface area contributed by atoms with E-state index in [1.807, 2.05) is 0 Å². The Bertz CT molecular complexity index is 420. The standard InChI is InChI=1S/C10H14N4O4/c15-9(6-1-2-7(18-6)10(16)17)11-4-3-8-12-5-13-14-8/h5-7H,1-4H2,(H,11,15)(H,16,17)(H,12,13,14)/t6-,7+/m0/s1. The van der Waals surface area contributed by atoms with Crippen molar-refractivity contribution >= 4 is 11.9 Å². The summed E-state index contributed by atoms with van der Waals surface area (Å²) in [7, 11) is 0. The summed E-state index contributed by atoms with van der Waals surface area (Å²) in [4.78, 5) is 26.2. The summed E-state index contributed by atoms with van der Waals surface area (Å²) in [6.07, 6.45) is 1.21. The molecule has 1 aliphatic heterocycles. The van der Waals surface area contributed by atoms with E-state index in [9.17, 15) is 9.59 Å². The molecule has 18 heavy (non-hydrogen) atoms. The van der Waals surface area contributed by atoms with E-state index in [0.29, 0.717) is 31.6 Å². The van der Waals surface area contributed by atoms with Gasteiger partial charge in [0, 0.05) is 13.0 Å². The monoisotopic (exact) mass is 254 g/mol. The number of ether oxygens (including phenoxy) is 1. The van der Waals surface area contributed by atoms with E-state index in [2.05, 4.69) is 20.5 Å². The maximum atomic E-state index is 11.7. The van der Waals surface area contributed by atoms with Crippen molar-refractivity contribution in [3.8, 4) is 0 Å². The number of rotatable bonds is 5. The number of aromatic nitrogens is 3. The lowest BCUT2D eigenvalue weighted by Gasteiger charge is -2.11. The van der Waals surface area contributed by atoms with E-state index >= 15 is 0 Å². The maximum Gasteiger partial charge on any atom is 0.332 e. The average molecular weight is 254 g/mol. The summed E-state index contributed by atoms with van der Waals surface area (Å²) in [5.41, 5.74) is 0. The molecule has 0 radical (unpaired) electrons. The summed E-state index contributed by atoms with van der Waals surface area (Å²) in [5.74, 6) is -0.615. The first kappa shape index (κ1) is 12.5. The third kappa shape index (κ3) is 3.04. The van der Waals surface area contributed by atoms with E-state index in [1.54, 1.807) is 0 Å². The maximum absolute atomic E-state index is 11.7. The number of carboxylic acids is 1. The van der Waals surface area contributed by atoms with Crippen molar-refractivity contribution < 1.29 is 19.4 Å². The number of amides is 1. The summed E-state index contributed by atoms with van der Waals surface area (Å²) < 4.78 is 5.13. The minimum absolute atomic E-state index is 0.279. The highest BCUT2D eigenvalue weighted by Crippen LogP contribution is 2.19. The lowest BCUT2D eigenvalue weighted by molar-refractivity contribution is -0.151. The largest absolute Gasteiger partial charge is 0.479 e. The lowest BCUT2D eigenvalue weighted by atomic mass is 10.2. The van der Waals surface area contributed by atoms with E-state index in [4.69, 9.17) is 9.84 Å². The molecule has 2 atom stereocenters. The topological polar surface area (TPSA) is 117 Å². The number of aromatic amines is 1. The fourth-order valence-electron chi connectivity index (χ4n) is 1.78. The quantitative estimate of drug-likeness (QED) is 0.626. The number of carbonyl (C=O) groups excluding carboxylic acids is 1. The molecule has 1 aliphatic rings. The Hall–Kier alpha value is -1.96. The van der Waals surface area contributed by atoms with Crippen LogP contribution >= 0.6 is 0 Å². The molecule has 1 amide bonds. The van der Waals surface area contributed by atoms with Crippen molar-refractivity contribution in [2.45, 2.75) is 31.5 Å². The summed E-state index contributed by atoms with van der Waals surface area (Å²) in [5, 5.41) is 17.8. The van der Waals surface area contributed by atoms with E-state index < -0.39 is 18.2 Å². The molecule has 3 N–H and O–H groups in total. The fraction of sp³-hybridized carbons (Fsp3) is 0.600. The number of aliphatic carboxylic acids is 1. The Labute approximate surface area is 103 Å². The van der Waals surface area contributed by atoms with E-state index in [0.717, 1.165) is 0 Å². The first-order valence-electron chi connectivity index (χ1n) is 5.67. The Morgan fingerprint density at radius 3 is 2.89 bits per heavy atom. The molecular weight excluding hydrogens is 240 g/mol. The molecule has 8 nitrogen and oxygen atoms in total. The van der Waals surface area contributed by atoms with Gasteiger partial charge in [0.25, 0.3) is 0 Å². The highest BCUT2D eigenvalue weighted by atomic mass is 16.5. The second-order valence-electron chi connectivity index (χ2n) is 4.00. The number of H-pyrrole nitrogens is 1. The first-order valence-corrected chi connectivity index (χ1v) is 5.67. The SMILES string of the molecule is O=C(NCCc1ncn[nH]1)[C@@H]1CC[C@H](C(=O)O)O1. The van der Waals surface area contributed by atoms with Gasteiger partial charge in [0.1, 0.15) is 18.3 Å². The van der Waals surface area contributed by atoms with Gasteiger partial charge in [0.05, 0.1) is 0 Å². The molecule has 0 aliphatic carbocycles. The molecule has 0 aromatic carbocycles. The second kappa shape index (κ2) is 5.58. The van der Waals surface area contributed by atoms with Crippen molar-refractivity contribution in [1.82, 2.24) is 20.5 Å². The molecule has 1 aromatic rings. The number of nitrogens with one attached hydrogen (secondary N) is 2. The van der Waals surface area contributed by atoms with Gasteiger partial charge in [-0.15, -0.1) is 0 Å². The van der Waals surface area contributed by atoms with Crippen LogP contribution in [0, 0.1) is 0 Å². The minimum Gasteiger partial charge on any atom is -0.479 e. The fourth-order valence-corrected chi connectivity index (χ4v) is 1.78. The van der Waals surface area contributed by atoms with Gasteiger partial charge in [0.2, 0.25) is 5.91 Å². The molecule has 1 fully saturated rings. The third-order valence-corrected chi connectivity index (χ3v) is 2.71. The van der Waals surface area contributed by atoms with Crippen molar-refractivity contribution in [1.29, 1.82) is 0 Å². The number of carbonyl (C=O) groups is 2. The number of nitrogens with zero attached hydrogens (tertiary/aromatic N) is 2. The van der Waals surface area contributed by atoms with Crippen LogP contribution in [0.5, 0.6) is 0 Å². The summed E-state index contributed by atoms with van der Waals surface area (Å²) in [6.45, 7) is 0.408. The predicted octanol–water partition coefficient (Wildman–Crippen LogP) is -0.904. The molecule has 1 aromatic heterocycles. The van der Waals surface area contributed by atoms with Crippen LogP contribution in [0.2, 0.25) is 0 Å². The van der Waals surface area contributed by atoms with Gasteiger partial charge < -0.3 is 15.2 Å². The molecule has 0 unspecified atom stereocenters. The Kier molecular flexibility index (Phi) is 3.88. The second-order valence-corrected chi connectivity index (χ2v) is 4.00. The van der Waals surface area contributed by atoms with Crippen molar-refractivity contribution in [2.24, 2.45) is 0 Å². The molecule has 8 heteroatoms. The molecule has 0 spiro atoms. The van der Waals surface area contributed by atoms with Crippen LogP contribution in [-0.2, 0) is 20.7 Å². The molecule has 98 valence electrons. The van der Waals surface area contributed by atoms with Crippen molar-refractivity contribution in [2.75, 3.05) is 6.54 Å². The zero-order chi connectivity index (χ0) is 13.0. The number of carboxylic acid groups (broad SMARTS) is 1. The summed E-state index contributed by atoms with van der Waals surface area (Å²) >= 11 is 0. The molecule has 0 bridgehead atoms. The van der Waals surface area contributed by atoms with Crippen LogP contribution in [0.4, 0.5) is 0 Å². The molecule has 2 rings (SSSR count). The number of hydrogen-bond donors (Lipinski definition) is 3. The van der Waals surface area contributed by atoms with Crippen LogP contribution in [0.15, 0.2) is 6.33 Å². The Morgan fingerprint density at radius 2 is 2.28 bits per heavy atom. The van der Waals surface area contributed by atoms with Crippen LogP contribution in [0.25, 0.3) is 0 Å². The lowest BCUT2D eigenvalue weighted by Crippen LogP contribution is -2.36. The summed E-state index contributed by atoms with van der Waals surface area (Å²) in [6, 6.07) is 0. The predicted molar refractivity (Wildman–Crippen MR) is 58.6 cm³/mol. The number of hydrogen-bond acceptors (Lipinski definition) is 5. The van der Waals surface area contributed by atoms with Gasteiger partial charge in [-0.2, -0.15) is 5.10 Å². The third-order valence-electron chi connectivity index (χ3n) is 2.71. The molecule has 0 saturated carbocycles. The van der Waals surface area contributed by atoms with Crippen LogP contribution in [0.3, 0.4) is 0 Å². The van der Waals surface area contributed by atoms with Crippen molar-refractivity contribution in [3.05, 3.63) is 12.2 Å². The molecular formula is C10H14N4O4. The van der Waals surface area contributed by atoms with Gasteiger partial charge in [-0.25, -0.2) is 9.78 Å². The normalized spacial score (nSPS) is 22.9. The minimum atomic E-state index is -1.02.